The van der Waals surface area contributed by atoms with Crippen molar-refractivity contribution >= 4 is 29.1 Å². The molecule has 0 aliphatic carbocycles. The number of nitrogens with one attached hydrogen (secondary N) is 1. The first-order valence-electron chi connectivity index (χ1n) is 11.0. The van der Waals surface area contributed by atoms with Crippen LogP contribution in [-0.2, 0) is 4.79 Å². The number of halogens is 1. The first-order valence-corrected chi connectivity index (χ1v) is 11.3. The summed E-state index contributed by atoms with van der Waals surface area (Å²) in [5.41, 5.74) is 1.18. The van der Waals surface area contributed by atoms with Crippen LogP contribution in [0.3, 0.4) is 0 Å². The van der Waals surface area contributed by atoms with Crippen LogP contribution in [0.5, 0.6) is 11.5 Å². The van der Waals surface area contributed by atoms with Crippen LogP contribution in [0.15, 0.2) is 42.5 Å². The van der Waals surface area contributed by atoms with E-state index in [0.29, 0.717) is 60.6 Å². The number of rotatable bonds is 8. The Morgan fingerprint density at radius 3 is 2.56 bits per heavy atom. The highest BCUT2D eigenvalue weighted by Crippen LogP contribution is 2.29. The molecule has 1 N–H and O–H groups in total. The fourth-order valence-electron chi connectivity index (χ4n) is 3.67. The Labute approximate surface area is 194 Å². The Balaban J connectivity index is 1.58. The van der Waals surface area contributed by atoms with Crippen molar-refractivity contribution in [2.24, 2.45) is 0 Å². The largest absolute Gasteiger partial charge is 0.494 e. The van der Waals surface area contributed by atoms with Crippen molar-refractivity contribution in [2.45, 2.75) is 20.3 Å². The molecule has 7 nitrogen and oxygen atoms in total. The highest BCUT2D eigenvalue weighted by molar-refractivity contribution is 6.30. The van der Waals surface area contributed by atoms with Gasteiger partial charge in [0.1, 0.15) is 11.5 Å². The second-order valence-corrected chi connectivity index (χ2v) is 7.94. The molecule has 32 heavy (non-hydrogen) atoms. The number of hydrogen-bond donors (Lipinski definition) is 1. The van der Waals surface area contributed by atoms with Crippen LogP contribution < -0.4 is 14.8 Å². The number of carbonyl (C=O) groups excluding carboxylic acids is 2. The summed E-state index contributed by atoms with van der Waals surface area (Å²) in [4.78, 5) is 29.4. The van der Waals surface area contributed by atoms with Gasteiger partial charge < -0.3 is 19.7 Å². The van der Waals surface area contributed by atoms with E-state index in [2.05, 4.69) is 10.2 Å². The molecular weight excluding hydrogens is 430 g/mol. The molecule has 1 aliphatic rings. The molecule has 1 heterocycles. The molecule has 2 aromatic rings. The van der Waals surface area contributed by atoms with Gasteiger partial charge in [-0.1, -0.05) is 17.7 Å². The maximum absolute atomic E-state index is 12.8. The molecule has 2 amide bonds. The van der Waals surface area contributed by atoms with Crippen molar-refractivity contribution in [1.29, 1.82) is 0 Å². The van der Waals surface area contributed by atoms with E-state index in [9.17, 15) is 9.59 Å². The Hall–Kier alpha value is -2.77. The normalized spacial score (nSPS) is 14.5. The van der Waals surface area contributed by atoms with Gasteiger partial charge in [0.25, 0.3) is 5.91 Å². The minimum Gasteiger partial charge on any atom is -0.494 e. The van der Waals surface area contributed by atoms with Crippen molar-refractivity contribution < 1.29 is 19.1 Å². The Morgan fingerprint density at radius 2 is 1.81 bits per heavy atom. The second-order valence-electron chi connectivity index (χ2n) is 7.50. The second kappa shape index (κ2) is 11.7. The fraction of sp³-hybridized carbons (Fsp3) is 0.417. The summed E-state index contributed by atoms with van der Waals surface area (Å²) in [5, 5.41) is 3.49. The van der Waals surface area contributed by atoms with Gasteiger partial charge in [-0.05, 0) is 50.6 Å². The van der Waals surface area contributed by atoms with Gasteiger partial charge in [-0.3, -0.25) is 14.5 Å². The first-order chi connectivity index (χ1) is 15.5. The van der Waals surface area contributed by atoms with Crippen molar-refractivity contribution in [2.75, 3.05) is 51.3 Å². The van der Waals surface area contributed by atoms with Crippen LogP contribution in [0.4, 0.5) is 5.69 Å². The topological polar surface area (TPSA) is 71.1 Å². The average Bonchev–Trinajstić information content (AvgIpc) is 3.01. The van der Waals surface area contributed by atoms with E-state index in [-0.39, 0.29) is 18.4 Å². The standard InChI is InChI=1S/C24H30ClN3O4/c1-3-31-20-9-10-22(32-4-2)21(16-20)26-23(29)17-27-11-6-12-28(14-13-27)24(30)18-7-5-8-19(25)15-18/h5,7-10,15-16H,3-4,6,11-14,17H2,1-2H3,(H,26,29). The summed E-state index contributed by atoms with van der Waals surface area (Å²) in [5.74, 6) is 1.12. The zero-order valence-corrected chi connectivity index (χ0v) is 19.4. The summed E-state index contributed by atoms with van der Waals surface area (Å²) in [6, 6.07) is 12.4. The van der Waals surface area contributed by atoms with Crippen LogP contribution >= 0.6 is 11.6 Å². The maximum atomic E-state index is 12.8. The summed E-state index contributed by atoms with van der Waals surface area (Å²) in [6.45, 7) is 7.66. The number of nitrogens with zero attached hydrogens (tertiary/aromatic N) is 2. The van der Waals surface area contributed by atoms with E-state index in [1.807, 2.05) is 24.8 Å². The van der Waals surface area contributed by atoms with Crippen LogP contribution in [-0.4, -0.2) is 67.6 Å². The van der Waals surface area contributed by atoms with Gasteiger partial charge >= 0.3 is 0 Å². The molecule has 0 unspecified atom stereocenters. The zero-order valence-electron chi connectivity index (χ0n) is 18.6. The number of carbonyl (C=O) groups is 2. The summed E-state index contributed by atoms with van der Waals surface area (Å²) >= 11 is 6.02. The van der Waals surface area contributed by atoms with Crippen molar-refractivity contribution in [3.63, 3.8) is 0 Å². The minimum atomic E-state index is -0.130. The molecule has 1 aliphatic heterocycles. The highest BCUT2D eigenvalue weighted by atomic mass is 35.5. The third-order valence-electron chi connectivity index (χ3n) is 5.15. The highest BCUT2D eigenvalue weighted by Gasteiger charge is 2.22. The molecule has 1 saturated heterocycles. The molecule has 1 fully saturated rings. The monoisotopic (exact) mass is 459 g/mol. The smallest absolute Gasteiger partial charge is 0.253 e. The molecule has 0 spiro atoms. The third kappa shape index (κ3) is 6.61. The molecule has 8 heteroatoms. The number of benzene rings is 2. The number of anilines is 1. The van der Waals surface area contributed by atoms with Gasteiger partial charge in [-0.2, -0.15) is 0 Å². The van der Waals surface area contributed by atoms with E-state index >= 15 is 0 Å². The van der Waals surface area contributed by atoms with Crippen molar-refractivity contribution in [3.8, 4) is 11.5 Å². The number of ether oxygens (including phenoxy) is 2. The predicted octanol–water partition coefficient (Wildman–Crippen LogP) is 3.92. The van der Waals surface area contributed by atoms with Crippen LogP contribution in [0.25, 0.3) is 0 Å². The average molecular weight is 460 g/mol. The lowest BCUT2D eigenvalue weighted by atomic mass is 10.2. The fourth-order valence-corrected chi connectivity index (χ4v) is 3.86. The molecular formula is C24H30ClN3O4. The maximum Gasteiger partial charge on any atom is 0.253 e. The lowest BCUT2D eigenvalue weighted by molar-refractivity contribution is -0.117. The summed E-state index contributed by atoms with van der Waals surface area (Å²) in [7, 11) is 0. The molecule has 0 radical (unpaired) electrons. The van der Waals surface area contributed by atoms with E-state index in [4.69, 9.17) is 21.1 Å². The lowest BCUT2D eigenvalue weighted by Crippen LogP contribution is -2.38. The summed E-state index contributed by atoms with van der Waals surface area (Å²) < 4.78 is 11.2. The van der Waals surface area contributed by atoms with Crippen LogP contribution in [0.2, 0.25) is 5.02 Å². The van der Waals surface area contributed by atoms with Gasteiger partial charge in [-0.15, -0.1) is 0 Å². The molecule has 3 rings (SSSR count). The summed E-state index contributed by atoms with van der Waals surface area (Å²) in [6.07, 6.45) is 0.795. The van der Waals surface area contributed by atoms with Gasteiger partial charge in [0.05, 0.1) is 25.4 Å². The Kier molecular flexibility index (Phi) is 8.76. The molecule has 0 bridgehead atoms. The predicted molar refractivity (Wildman–Crippen MR) is 126 cm³/mol. The van der Waals surface area contributed by atoms with E-state index in [1.165, 1.54) is 0 Å². The van der Waals surface area contributed by atoms with Gasteiger partial charge in [0.15, 0.2) is 0 Å². The Bertz CT molecular complexity index is 937. The molecule has 2 aromatic carbocycles. The van der Waals surface area contributed by atoms with E-state index in [1.54, 1.807) is 36.4 Å². The minimum absolute atomic E-state index is 0.0344. The molecule has 0 atom stereocenters. The number of amides is 2. The van der Waals surface area contributed by atoms with Gasteiger partial charge in [-0.25, -0.2) is 0 Å². The Morgan fingerprint density at radius 1 is 1.00 bits per heavy atom. The molecule has 0 aromatic heterocycles. The first kappa shape index (κ1) is 23.9. The molecule has 0 saturated carbocycles. The van der Waals surface area contributed by atoms with Crippen LogP contribution in [0.1, 0.15) is 30.6 Å². The third-order valence-corrected chi connectivity index (χ3v) is 5.39. The van der Waals surface area contributed by atoms with Crippen molar-refractivity contribution in [3.05, 3.63) is 53.1 Å². The van der Waals surface area contributed by atoms with E-state index in [0.717, 1.165) is 13.0 Å². The number of hydrogen-bond acceptors (Lipinski definition) is 5. The molecule has 172 valence electrons. The van der Waals surface area contributed by atoms with Gasteiger partial charge in [0, 0.05) is 42.8 Å². The van der Waals surface area contributed by atoms with E-state index < -0.39 is 0 Å². The quantitative estimate of drug-likeness (QED) is 0.647. The van der Waals surface area contributed by atoms with Crippen molar-refractivity contribution in [1.82, 2.24) is 9.80 Å². The SMILES string of the molecule is CCOc1ccc(OCC)c(NC(=O)CN2CCCN(C(=O)c3cccc(Cl)c3)CC2)c1. The zero-order chi connectivity index (χ0) is 22.9. The van der Waals surface area contributed by atoms with Crippen LogP contribution in [0, 0.1) is 0 Å². The van der Waals surface area contributed by atoms with Gasteiger partial charge in [0.2, 0.25) is 5.91 Å². The lowest BCUT2D eigenvalue weighted by Gasteiger charge is -2.22.